The number of nitriles is 1. The number of ether oxygens (including phenoxy) is 1. The van der Waals surface area contributed by atoms with Gasteiger partial charge in [-0.2, -0.15) is 5.26 Å². The zero-order chi connectivity index (χ0) is 18.4. The number of halogens is 1. The van der Waals surface area contributed by atoms with Crippen LogP contribution in [-0.4, -0.2) is 24.9 Å². The summed E-state index contributed by atoms with van der Waals surface area (Å²) in [5.74, 6) is -2.60. The van der Waals surface area contributed by atoms with Gasteiger partial charge in [-0.1, -0.05) is 23.7 Å². The van der Waals surface area contributed by atoms with E-state index in [1.807, 2.05) is 6.07 Å². The van der Waals surface area contributed by atoms with Gasteiger partial charge in [-0.05, 0) is 30.3 Å². The molecular formula is C17H12ClN3O4. The Balaban J connectivity index is 2.15. The molecule has 8 heteroatoms. The van der Waals surface area contributed by atoms with E-state index in [0.717, 1.165) is 0 Å². The smallest absolute Gasteiger partial charge is 0.337 e. The van der Waals surface area contributed by atoms with E-state index in [1.165, 1.54) is 37.4 Å². The first-order valence-corrected chi connectivity index (χ1v) is 7.33. The van der Waals surface area contributed by atoms with E-state index < -0.39 is 17.8 Å². The van der Waals surface area contributed by atoms with Gasteiger partial charge in [0.1, 0.15) is 6.07 Å². The molecule has 2 aromatic rings. The molecule has 2 amide bonds. The minimum Gasteiger partial charge on any atom is -0.465 e. The number of rotatable bonds is 3. The number of nitrogens with one attached hydrogen (secondary N) is 2. The summed E-state index contributed by atoms with van der Waals surface area (Å²) in [6, 6.07) is 12.3. The van der Waals surface area contributed by atoms with E-state index in [1.54, 1.807) is 12.1 Å². The van der Waals surface area contributed by atoms with Gasteiger partial charge in [-0.25, -0.2) is 4.79 Å². The van der Waals surface area contributed by atoms with Crippen LogP contribution in [0.1, 0.15) is 15.9 Å². The largest absolute Gasteiger partial charge is 0.465 e. The van der Waals surface area contributed by atoms with Crippen molar-refractivity contribution in [3.63, 3.8) is 0 Å². The van der Waals surface area contributed by atoms with E-state index in [0.29, 0.717) is 0 Å². The van der Waals surface area contributed by atoms with Gasteiger partial charge < -0.3 is 15.4 Å². The molecule has 0 spiro atoms. The lowest BCUT2D eigenvalue weighted by Crippen LogP contribution is -2.29. The number of carbonyl (C=O) groups excluding carboxylic acids is 3. The molecule has 2 aromatic carbocycles. The Bertz CT molecular complexity index is 890. The number of hydrogen-bond donors (Lipinski definition) is 2. The van der Waals surface area contributed by atoms with Crippen LogP contribution < -0.4 is 10.6 Å². The number of anilines is 2. The SMILES string of the molecule is COC(=O)c1ccc(Cl)c(NC(=O)C(=O)Nc2ccccc2C#N)c1. The van der Waals surface area contributed by atoms with E-state index in [9.17, 15) is 14.4 Å². The van der Waals surface area contributed by atoms with Crippen molar-refractivity contribution in [3.8, 4) is 6.07 Å². The highest BCUT2D eigenvalue weighted by Gasteiger charge is 2.18. The molecular weight excluding hydrogens is 346 g/mol. The molecule has 0 heterocycles. The fourth-order valence-electron chi connectivity index (χ4n) is 1.91. The molecule has 0 saturated heterocycles. The van der Waals surface area contributed by atoms with Crippen LogP contribution >= 0.6 is 11.6 Å². The topological polar surface area (TPSA) is 108 Å². The Morgan fingerprint density at radius 1 is 1.04 bits per heavy atom. The van der Waals surface area contributed by atoms with Gasteiger partial charge in [-0.3, -0.25) is 9.59 Å². The van der Waals surface area contributed by atoms with Gasteiger partial charge >= 0.3 is 17.8 Å². The first-order chi connectivity index (χ1) is 12.0. The Kier molecular flexibility index (Phi) is 5.71. The highest BCUT2D eigenvalue weighted by Crippen LogP contribution is 2.23. The zero-order valence-electron chi connectivity index (χ0n) is 13.0. The number of para-hydroxylation sites is 1. The Labute approximate surface area is 148 Å². The first-order valence-electron chi connectivity index (χ1n) is 6.95. The molecule has 0 bridgehead atoms. The molecule has 0 atom stereocenters. The highest BCUT2D eigenvalue weighted by atomic mass is 35.5. The van der Waals surface area contributed by atoms with Gasteiger partial charge in [0.15, 0.2) is 0 Å². The summed E-state index contributed by atoms with van der Waals surface area (Å²) in [6.45, 7) is 0. The maximum atomic E-state index is 12.0. The molecule has 25 heavy (non-hydrogen) atoms. The van der Waals surface area contributed by atoms with Crippen LogP contribution in [-0.2, 0) is 14.3 Å². The third kappa shape index (κ3) is 4.34. The summed E-state index contributed by atoms with van der Waals surface area (Å²) < 4.78 is 4.58. The molecule has 0 aliphatic carbocycles. The van der Waals surface area contributed by atoms with E-state index >= 15 is 0 Å². The lowest BCUT2D eigenvalue weighted by molar-refractivity contribution is -0.132. The van der Waals surface area contributed by atoms with Gasteiger partial charge in [0, 0.05) is 0 Å². The molecule has 0 unspecified atom stereocenters. The molecule has 0 aromatic heterocycles. The Morgan fingerprint density at radius 3 is 2.32 bits per heavy atom. The summed E-state index contributed by atoms with van der Waals surface area (Å²) in [5.41, 5.74) is 0.671. The number of nitrogens with zero attached hydrogens (tertiary/aromatic N) is 1. The van der Waals surface area contributed by atoms with Crippen molar-refractivity contribution in [2.45, 2.75) is 0 Å². The summed E-state index contributed by atoms with van der Waals surface area (Å²) in [4.78, 5) is 35.6. The van der Waals surface area contributed by atoms with Crippen LogP contribution in [0, 0.1) is 11.3 Å². The standard InChI is InChI=1S/C17H12ClN3O4/c1-25-17(24)10-6-7-12(18)14(8-10)21-16(23)15(22)20-13-5-3-2-4-11(13)9-19/h2-8H,1H3,(H,20,22)(H,21,23). The third-order valence-electron chi connectivity index (χ3n) is 3.14. The number of amides is 2. The monoisotopic (exact) mass is 357 g/mol. The normalized spacial score (nSPS) is 9.64. The van der Waals surface area contributed by atoms with Crippen molar-refractivity contribution in [2.24, 2.45) is 0 Å². The van der Waals surface area contributed by atoms with Gasteiger partial charge in [-0.15, -0.1) is 0 Å². The molecule has 0 radical (unpaired) electrons. The fourth-order valence-corrected chi connectivity index (χ4v) is 2.08. The molecule has 0 aliphatic rings. The second-order valence-corrected chi connectivity index (χ2v) is 5.16. The van der Waals surface area contributed by atoms with Crippen LogP contribution in [0.3, 0.4) is 0 Å². The average Bonchev–Trinajstić information content (AvgIpc) is 2.63. The minimum atomic E-state index is -1.00. The minimum absolute atomic E-state index is 0.0817. The van der Waals surface area contributed by atoms with Gasteiger partial charge in [0.2, 0.25) is 0 Å². The fraction of sp³-hybridized carbons (Fsp3) is 0.0588. The van der Waals surface area contributed by atoms with Crippen molar-refractivity contribution in [2.75, 3.05) is 17.7 Å². The number of carbonyl (C=O) groups is 3. The Morgan fingerprint density at radius 2 is 1.68 bits per heavy atom. The van der Waals surface area contributed by atoms with Crippen molar-refractivity contribution in [1.29, 1.82) is 5.26 Å². The van der Waals surface area contributed by atoms with Crippen molar-refractivity contribution >= 4 is 40.8 Å². The van der Waals surface area contributed by atoms with Crippen LogP contribution in [0.5, 0.6) is 0 Å². The van der Waals surface area contributed by atoms with E-state index in [4.69, 9.17) is 16.9 Å². The molecule has 0 saturated carbocycles. The summed E-state index contributed by atoms with van der Waals surface area (Å²) in [7, 11) is 1.22. The maximum absolute atomic E-state index is 12.0. The molecule has 0 fully saturated rings. The zero-order valence-corrected chi connectivity index (χ0v) is 13.8. The summed E-state index contributed by atoms with van der Waals surface area (Å²) >= 11 is 5.96. The summed E-state index contributed by atoms with van der Waals surface area (Å²) in [6.07, 6.45) is 0. The van der Waals surface area contributed by atoms with E-state index in [-0.39, 0.29) is 27.5 Å². The molecule has 7 nitrogen and oxygen atoms in total. The predicted molar refractivity (Wildman–Crippen MR) is 91.2 cm³/mol. The molecule has 2 N–H and O–H groups in total. The quantitative estimate of drug-likeness (QED) is 0.648. The van der Waals surface area contributed by atoms with Crippen molar-refractivity contribution < 1.29 is 19.1 Å². The lowest BCUT2D eigenvalue weighted by atomic mass is 10.2. The number of esters is 1. The van der Waals surface area contributed by atoms with Crippen LogP contribution in [0.2, 0.25) is 5.02 Å². The van der Waals surface area contributed by atoms with Crippen molar-refractivity contribution in [3.05, 3.63) is 58.6 Å². The predicted octanol–water partition coefficient (Wildman–Crippen LogP) is 2.58. The molecule has 2 rings (SSSR count). The van der Waals surface area contributed by atoms with Crippen LogP contribution in [0.4, 0.5) is 11.4 Å². The molecule has 0 aliphatic heterocycles. The van der Waals surface area contributed by atoms with Crippen LogP contribution in [0.15, 0.2) is 42.5 Å². The van der Waals surface area contributed by atoms with Crippen LogP contribution in [0.25, 0.3) is 0 Å². The Hall–Kier alpha value is -3.37. The van der Waals surface area contributed by atoms with Gasteiger partial charge in [0.25, 0.3) is 0 Å². The maximum Gasteiger partial charge on any atom is 0.337 e. The second-order valence-electron chi connectivity index (χ2n) is 4.75. The van der Waals surface area contributed by atoms with E-state index in [2.05, 4.69) is 15.4 Å². The van der Waals surface area contributed by atoms with Crippen molar-refractivity contribution in [1.82, 2.24) is 0 Å². The highest BCUT2D eigenvalue weighted by molar-refractivity contribution is 6.45. The average molecular weight is 358 g/mol. The summed E-state index contributed by atoms with van der Waals surface area (Å²) in [5, 5.41) is 13.8. The molecule has 126 valence electrons. The third-order valence-corrected chi connectivity index (χ3v) is 3.47. The lowest BCUT2D eigenvalue weighted by Gasteiger charge is -2.10. The number of methoxy groups -OCH3 is 1. The number of hydrogen-bond acceptors (Lipinski definition) is 5. The first kappa shape index (κ1) is 18.0. The second kappa shape index (κ2) is 7.95. The number of benzene rings is 2. The van der Waals surface area contributed by atoms with Gasteiger partial charge in [0.05, 0.1) is 34.6 Å².